The van der Waals surface area contributed by atoms with Crippen molar-refractivity contribution < 1.29 is 0 Å². The van der Waals surface area contributed by atoms with E-state index >= 15 is 0 Å². The van der Waals surface area contributed by atoms with E-state index < -0.39 is 0 Å². The summed E-state index contributed by atoms with van der Waals surface area (Å²) in [5.41, 5.74) is 15.9. The molecule has 0 fully saturated rings. The van der Waals surface area contributed by atoms with E-state index in [4.69, 9.17) is 0 Å². The second-order valence-corrected chi connectivity index (χ2v) is 12.8. The highest BCUT2D eigenvalue weighted by Gasteiger charge is 2.22. The highest BCUT2D eigenvalue weighted by atomic mass is 14.7. The molecule has 2 aliphatic rings. The van der Waals surface area contributed by atoms with Crippen molar-refractivity contribution >= 4 is 33.3 Å². The predicted molar refractivity (Wildman–Crippen MR) is 210 cm³/mol. The molecule has 0 bridgehead atoms. The molecule has 1 nitrogen and oxygen atoms in total. The van der Waals surface area contributed by atoms with Crippen LogP contribution in [0.4, 0.5) is 0 Å². The van der Waals surface area contributed by atoms with E-state index in [1.807, 2.05) is 12.2 Å². The zero-order valence-corrected chi connectivity index (χ0v) is 28.3. The number of rotatable bonds is 5. The quantitative estimate of drug-likeness (QED) is 0.170. The maximum Gasteiger partial charge on any atom is 0.0264 e. The minimum atomic E-state index is 0.895. The van der Waals surface area contributed by atoms with E-state index in [9.17, 15) is 0 Å². The second kappa shape index (κ2) is 13.7. The fourth-order valence-electron chi connectivity index (χ4n) is 7.31. The summed E-state index contributed by atoms with van der Waals surface area (Å²) in [7, 11) is 0. The van der Waals surface area contributed by atoms with Crippen LogP contribution in [-0.2, 0) is 6.42 Å². The van der Waals surface area contributed by atoms with Crippen LogP contribution in [0.2, 0.25) is 0 Å². The van der Waals surface area contributed by atoms with Crippen LogP contribution in [0.15, 0.2) is 151 Å². The van der Waals surface area contributed by atoms with Crippen LogP contribution in [0, 0.1) is 20.8 Å². The summed E-state index contributed by atoms with van der Waals surface area (Å²) < 4.78 is 0. The monoisotopic (exact) mass is 619 g/mol. The molecule has 234 valence electrons. The number of fused-ring (bicyclic) bond motifs is 4. The molecule has 0 spiro atoms. The summed E-state index contributed by atoms with van der Waals surface area (Å²) in [6.45, 7) is 8.83. The molecule has 0 unspecified atom stereocenters. The first-order chi connectivity index (χ1) is 23.5. The molecular formula is C47H41N. The molecule has 0 saturated heterocycles. The van der Waals surface area contributed by atoms with Gasteiger partial charge in [-0.2, -0.15) is 0 Å². The number of allylic oxidation sites excluding steroid dienone is 7. The summed E-state index contributed by atoms with van der Waals surface area (Å²) in [6.07, 6.45) is 18.4. The molecule has 0 N–H and O–H groups in total. The first kappa shape index (κ1) is 31.1. The molecule has 0 radical (unpaired) electrons. The van der Waals surface area contributed by atoms with Crippen molar-refractivity contribution in [2.45, 2.75) is 40.5 Å². The molecule has 8 rings (SSSR count). The van der Waals surface area contributed by atoms with Crippen molar-refractivity contribution in [3.63, 3.8) is 0 Å². The summed E-state index contributed by atoms with van der Waals surface area (Å²) in [6, 6.07) is 38.4. The zero-order chi connectivity index (χ0) is 33.0. The summed E-state index contributed by atoms with van der Waals surface area (Å²) >= 11 is 0. The lowest BCUT2D eigenvalue weighted by Gasteiger charge is -2.16. The van der Waals surface area contributed by atoms with Crippen molar-refractivity contribution in [2.24, 2.45) is 4.99 Å². The van der Waals surface area contributed by atoms with Gasteiger partial charge in [-0.1, -0.05) is 127 Å². The van der Waals surface area contributed by atoms with Gasteiger partial charge in [-0.3, -0.25) is 4.99 Å². The maximum atomic E-state index is 3.88. The van der Waals surface area contributed by atoms with Crippen molar-refractivity contribution in [1.82, 2.24) is 0 Å². The summed E-state index contributed by atoms with van der Waals surface area (Å²) in [5.74, 6) is 0. The smallest absolute Gasteiger partial charge is 0.0264 e. The largest absolute Gasteiger partial charge is 0.265 e. The number of nitrogens with zero attached hydrogens (tertiary/aromatic N) is 1. The summed E-state index contributed by atoms with van der Waals surface area (Å²) in [4.78, 5) is 3.88. The lowest BCUT2D eigenvalue weighted by Crippen LogP contribution is -1.95. The Labute approximate surface area is 285 Å². The van der Waals surface area contributed by atoms with Gasteiger partial charge in [0, 0.05) is 12.4 Å². The van der Waals surface area contributed by atoms with Crippen LogP contribution < -0.4 is 0 Å². The van der Waals surface area contributed by atoms with Crippen molar-refractivity contribution in [3.05, 3.63) is 174 Å². The highest BCUT2D eigenvalue weighted by molar-refractivity contribution is 6.15. The number of benzene rings is 6. The predicted octanol–water partition coefficient (Wildman–Crippen LogP) is 13.0. The molecule has 1 heteroatoms. The van der Waals surface area contributed by atoms with Crippen LogP contribution >= 0.6 is 0 Å². The average molecular weight is 620 g/mol. The third-order valence-corrected chi connectivity index (χ3v) is 9.54. The number of hydrogen-bond acceptors (Lipinski definition) is 1. The Hall–Kier alpha value is -5.53. The van der Waals surface area contributed by atoms with Gasteiger partial charge in [0.2, 0.25) is 0 Å². The van der Waals surface area contributed by atoms with E-state index in [0.717, 1.165) is 12.8 Å². The van der Waals surface area contributed by atoms with Gasteiger partial charge in [0.15, 0.2) is 0 Å². The highest BCUT2D eigenvalue weighted by Crippen LogP contribution is 2.48. The third kappa shape index (κ3) is 6.00. The Balaban J connectivity index is 0.000000465. The van der Waals surface area contributed by atoms with E-state index in [0.29, 0.717) is 0 Å². The van der Waals surface area contributed by atoms with Gasteiger partial charge in [0.05, 0.1) is 0 Å². The van der Waals surface area contributed by atoms with Gasteiger partial charge in [0.25, 0.3) is 0 Å². The lowest BCUT2D eigenvalue weighted by atomic mass is 9.88. The Kier molecular flexibility index (Phi) is 8.86. The molecule has 0 atom stereocenters. The van der Waals surface area contributed by atoms with Crippen LogP contribution in [-0.4, -0.2) is 6.21 Å². The molecular weight excluding hydrogens is 579 g/mol. The fraction of sp³-hybridized carbons (Fsp3) is 0.128. The standard InChI is InChI=1S/C41H34.C6H7N/c1-5-10-29(19-20-32-14-7-13-30-12-6-11-27(3)40(30)32)37-23-26(2)24-38(28(37)4)33-21-22-34-35-17-8-15-31-16-9-18-36(41(31)35)39(34)25-33;1-2-4-6-7-5-3-1/h5-19,21-25H,20H2,1-4H3;1,3-6H,2H2/b10-5-,29-19+;. The molecule has 1 heterocycles. The van der Waals surface area contributed by atoms with Crippen molar-refractivity contribution in [2.75, 3.05) is 0 Å². The molecule has 6 aromatic rings. The van der Waals surface area contributed by atoms with Gasteiger partial charge in [-0.15, -0.1) is 0 Å². The second-order valence-electron chi connectivity index (χ2n) is 12.8. The first-order valence-corrected chi connectivity index (χ1v) is 17.0. The van der Waals surface area contributed by atoms with Crippen LogP contribution in [0.25, 0.3) is 60.5 Å². The van der Waals surface area contributed by atoms with Gasteiger partial charge in [-0.25, -0.2) is 0 Å². The van der Waals surface area contributed by atoms with E-state index in [1.165, 1.54) is 88.3 Å². The van der Waals surface area contributed by atoms with Crippen LogP contribution in [0.1, 0.15) is 41.2 Å². The lowest BCUT2D eigenvalue weighted by molar-refractivity contribution is 1.28. The number of aliphatic imine (C=N–C) groups is 1. The minimum absolute atomic E-state index is 0.895. The Morgan fingerprint density at radius 3 is 2.21 bits per heavy atom. The molecule has 0 amide bonds. The van der Waals surface area contributed by atoms with E-state index in [2.05, 4.69) is 160 Å². The van der Waals surface area contributed by atoms with Gasteiger partial charge >= 0.3 is 0 Å². The number of aryl methyl sites for hydroxylation is 2. The number of hydrogen-bond donors (Lipinski definition) is 0. The Morgan fingerprint density at radius 1 is 0.688 bits per heavy atom. The molecule has 0 saturated carbocycles. The van der Waals surface area contributed by atoms with Crippen LogP contribution in [0.3, 0.4) is 0 Å². The van der Waals surface area contributed by atoms with Gasteiger partial charge in [-0.05, 0) is 141 Å². The Bertz CT molecular complexity index is 2300. The van der Waals surface area contributed by atoms with Gasteiger partial charge in [0.1, 0.15) is 0 Å². The van der Waals surface area contributed by atoms with E-state index in [-0.39, 0.29) is 0 Å². The molecule has 0 aromatic heterocycles. The van der Waals surface area contributed by atoms with E-state index in [1.54, 1.807) is 12.4 Å². The minimum Gasteiger partial charge on any atom is -0.265 e. The normalized spacial score (nSPS) is 13.2. The topological polar surface area (TPSA) is 12.4 Å². The average Bonchev–Trinajstić information content (AvgIpc) is 3.25. The Morgan fingerprint density at radius 2 is 1.42 bits per heavy atom. The fourth-order valence-corrected chi connectivity index (χ4v) is 7.31. The molecule has 1 aliphatic carbocycles. The first-order valence-electron chi connectivity index (χ1n) is 17.0. The molecule has 48 heavy (non-hydrogen) atoms. The van der Waals surface area contributed by atoms with Gasteiger partial charge < -0.3 is 0 Å². The van der Waals surface area contributed by atoms with Crippen LogP contribution in [0.5, 0.6) is 0 Å². The van der Waals surface area contributed by atoms with Crippen molar-refractivity contribution in [1.29, 1.82) is 0 Å². The zero-order valence-electron chi connectivity index (χ0n) is 28.3. The summed E-state index contributed by atoms with van der Waals surface area (Å²) in [5, 5.41) is 5.38. The SMILES string of the molecule is C/C=C\C(=C/Cc1cccc2cccc(C)c12)c1cc(C)cc(-c2ccc3c(c2)-c2cccc4cccc-3c24)c1C.C1=CCC=CN=C1. The van der Waals surface area contributed by atoms with Crippen molar-refractivity contribution in [3.8, 4) is 33.4 Å². The maximum absolute atomic E-state index is 3.88. The molecule has 6 aromatic carbocycles. The molecule has 1 aliphatic heterocycles. The third-order valence-electron chi connectivity index (χ3n) is 9.54.